The number of rotatable bonds is 3. The number of ether oxygens (including phenoxy) is 2. The SMILES string of the molecule is CC(C)(C)OC(=O)N1CCC(COc2ccccn2)C1. The Kier molecular flexibility index (Phi) is 4.47. The van der Waals surface area contributed by atoms with Crippen LogP contribution in [-0.4, -0.2) is 41.3 Å². The first-order valence-corrected chi connectivity index (χ1v) is 6.96. The van der Waals surface area contributed by atoms with Gasteiger partial charge in [0.1, 0.15) is 5.60 Å². The van der Waals surface area contributed by atoms with E-state index in [0.717, 1.165) is 13.0 Å². The number of hydrogen-bond acceptors (Lipinski definition) is 4. The second-order valence-electron chi connectivity index (χ2n) is 6.06. The number of hydrogen-bond donors (Lipinski definition) is 0. The fourth-order valence-corrected chi connectivity index (χ4v) is 2.10. The summed E-state index contributed by atoms with van der Waals surface area (Å²) in [4.78, 5) is 17.8. The van der Waals surface area contributed by atoms with E-state index in [1.54, 1.807) is 11.1 Å². The van der Waals surface area contributed by atoms with Crippen molar-refractivity contribution in [3.05, 3.63) is 24.4 Å². The quantitative estimate of drug-likeness (QED) is 0.853. The lowest BCUT2D eigenvalue weighted by Gasteiger charge is -2.24. The molecule has 0 radical (unpaired) electrons. The van der Waals surface area contributed by atoms with Gasteiger partial charge in [-0.05, 0) is 33.3 Å². The van der Waals surface area contributed by atoms with Gasteiger partial charge in [-0.25, -0.2) is 9.78 Å². The van der Waals surface area contributed by atoms with E-state index in [0.29, 0.717) is 24.9 Å². The Morgan fingerprint density at radius 1 is 1.45 bits per heavy atom. The van der Waals surface area contributed by atoms with Crippen molar-refractivity contribution in [2.75, 3.05) is 19.7 Å². The number of likely N-dealkylation sites (tertiary alicyclic amines) is 1. The first-order chi connectivity index (χ1) is 9.44. The highest BCUT2D eigenvalue weighted by Crippen LogP contribution is 2.20. The Bertz CT molecular complexity index is 442. The molecular weight excluding hydrogens is 256 g/mol. The van der Waals surface area contributed by atoms with Gasteiger partial charge in [0.15, 0.2) is 0 Å². The zero-order valence-electron chi connectivity index (χ0n) is 12.3. The summed E-state index contributed by atoms with van der Waals surface area (Å²) < 4.78 is 11.0. The maximum Gasteiger partial charge on any atom is 0.410 e. The summed E-state index contributed by atoms with van der Waals surface area (Å²) in [6, 6.07) is 5.58. The molecule has 1 aromatic heterocycles. The van der Waals surface area contributed by atoms with Crippen molar-refractivity contribution in [1.29, 1.82) is 0 Å². The minimum atomic E-state index is -0.445. The van der Waals surface area contributed by atoms with Gasteiger partial charge in [-0.2, -0.15) is 0 Å². The van der Waals surface area contributed by atoms with Gasteiger partial charge in [-0.15, -0.1) is 0 Å². The Hall–Kier alpha value is -1.78. The molecule has 2 rings (SSSR count). The molecule has 20 heavy (non-hydrogen) atoms. The fraction of sp³-hybridized carbons (Fsp3) is 0.600. The molecule has 0 bridgehead atoms. The number of carbonyl (C=O) groups excluding carboxylic acids is 1. The highest BCUT2D eigenvalue weighted by molar-refractivity contribution is 5.68. The van der Waals surface area contributed by atoms with E-state index in [4.69, 9.17) is 9.47 Å². The second-order valence-corrected chi connectivity index (χ2v) is 6.06. The molecule has 1 aromatic rings. The topological polar surface area (TPSA) is 51.7 Å². The monoisotopic (exact) mass is 278 g/mol. The number of amides is 1. The lowest BCUT2D eigenvalue weighted by molar-refractivity contribution is 0.0284. The molecule has 1 unspecified atom stereocenters. The molecule has 0 saturated carbocycles. The maximum atomic E-state index is 11.9. The molecule has 0 aromatic carbocycles. The maximum absolute atomic E-state index is 11.9. The van der Waals surface area contributed by atoms with Crippen molar-refractivity contribution >= 4 is 6.09 Å². The lowest BCUT2D eigenvalue weighted by Crippen LogP contribution is -2.35. The zero-order chi connectivity index (χ0) is 14.6. The molecule has 1 saturated heterocycles. The number of pyridine rings is 1. The lowest BCUT2D eigenvalue weighted by atomic mass is 10.1. The summed E-state index contributed by atoms with van der Waals surface area (Å²) in [6.07, 6.45) is 2.40. The van der Waals surface area contributed by atoms with Gasteiger partial charge < -0.3 is 14.4 Å². The van der Waals surface area contributed by atoms with Gasteiger partial charge in [0, 0.05) is 31.3 Å². The first kappa shape index (κ1) is 14.6. The molecule has 1 fully saturated rings. The summed E-state index contributed by atoms with van der Waals surface area (Å²) in [7, 11) is 0. The average Bonchev–Trinajstić information content (AvgIpc) is 2.84. The molecule has 0 aliphatic carbocycles. The first-order valence-electron chi connectivity index (χ1n) is 6.96. The van der Waals surface area contributed by atoms with Crippen molar-refractivity contribution in [1.82, 2.24) is 9.88 Å². The average molecular weight is 278 g/mol. The minimum Gasteiger partial charge on any atom is -0.477 e. The number of carbonyl (C=O) groups is 1. The standard InChI is InChI=1S/C15H22N2O3/c1-15(2,3)20-14(18)17-9-7-12(10-17)11-19-13-6-4-5-8-16-13/h4-6,8,12H,7,9-11H2,1-3H3. The summed E-state index contributed by atoms with van der Waals surface area (Å²) >= 11 is 0. The van der Waals surface area contributed by atoms with Crippen molar-refractivity contribution in [3.63, 3.8) is 0 Å². The molecule has 1 amide bonds. The van der Waals surface area contributed by atoms with E-state index in [9.17, 15) is 4.79 Å². The van der Waals surface area contributed by atoms with E-state index in [1.807, 2.05) is 39.0 Å². The van der Waals surface area contributed by atoms with Gasteiger partial charge in [0.25, 0.3) is 0 Å². The van der Waals surface area contributed by atoms with Crippen molar-refractivity contribution < 1.29 is 14.3 Å². The molecule has 2 heterocycles. The Labute approximate surface area is 119 Å². The second kappa shape index (κ2) is 6.11. The van der Waals surface area contributed by atoms with Crippen molar-refractivity contribution in [2.24, 2.45) is 5.92 Å². The number of nitrogens with zero attached hydrogens (tertiary/aromatic N) is 2. The van der Waals surface area contributed by atoms with Crippen LogP contribution in [-0.2, 0) is 4.74 Å². The van der Waals surface area contributed by atoms with E-state index in [-0.39, 0.29) is 6.09 Å². The fourth-order valence-electron chi connectivity index (χ4n) is 2.10. The summed E-state index contributed by atoms with van der Waals surface area (Å²) in [5.74, 6) is 0.966. The molecule has 1 aliphatic heterocycles. The van der Waals surface area contributed by atoms with Crippen LogP contribution in [0.4, 0.5) is 4.79 Å². The molecular formula is C15H22N2O3. The molecule has 5 heteroatoms. The van der Waals surface area contributed by atoms with Crippen LogP contribution in [0.15, 0.2) is 24.4 Å². The molecule has 5 nitrogen and oxygen atoms in total. The van der Waals surface area contributed by atoms with Gasteiger partial charge >= 0.3 is 6.09 Å². The predicted octanol–water partition coefficient (Wildman–Crippen LogP) is 2.72. The van der Waals surface area contributed by atoms with E-state index >= 15 is 0 Å². The zero-order valence-corrected chi connectivity index (χ0v) is 12.3. The Morgan fingerprint density at radius 2 is 2.25 bits per heavy atom. The third-order valence-corrected chi connectivity index (χ3v) is 3.04. The molecule has 1 aliphatic rings. The largest absolute Gasteiger partial charge is 0.477 e. The third-order valence-electron chi connectivity index (χ3n) is 3.04. The Morgan fingerprint density at radius 3 is 2.90 bits per heavy atom. The minimum absolute atomic E-state index is 0.238. The van der Waals surface area contributed by atoms with E-state index in [1.165, 1.54) is 0 Å². The van der Waals surface area contributed by atoms with E-state index < -0.39 is 5.60 Å². The van der Waals surface area contributed by atoms with Gasteiger partial charge in [-0.1, -0.05) is 6.07 Å². The van der Waals surface area contributed by atoms with Crippen LogP contribution >= 0.6 is 0 Å². The number of aromatic nitrogens is 1. The van der Waals surface area contributed by atoms with Crippen molar-refractivity contribution in [2.45, 2.75) is 32.8 Å². The summed E-state index contributed by atoms with van der Waals surface area (Å²) in [5.41, 5.74) is -0.445. The smallest absolute Gasteiger partial charge is 0.410 e. The predicted molar refractivity (Wildman–Crippen MR) is 75.6 cm³/mol. The van der Waals surface area contributed by atoms with Gasteiger partial charge in [0.05, 0.1) is 6.61 Å². The highest BCUT2D eigenvalue weighted by Gasteiger charge is 2.30. The van der Waals surface area contributed by atoms with Crippen LogP contribution in [0.3, 0.4) is 0 Å². The van der Waals surface area contributed by atoms with Crippen LogP contribution in [0.25, 0.3) is 0 Å². The summed E-state index contributed by atoms with van der Waals surface area (Å²) in [5, 5.41) is 0. The van der Waals surface area contributed by atoms with Crippen LogP contribution in [0.1, 0.15) is 27.2 Å². The van der Waals surface area contributed by atoms with Crippen LogP contribution < -0.4 is 4.74 Å². The molecule has 110 valence electrons. The van der Waals surface area contributed by atoms with Crippen LogP contribution in [0, 0.1) is 5.92 Å². The molecule has 1 atom stereocenters. The highest BCUT2D eigenvalue weighted by atomic mass is 16.6. The summed E-state index contributed by atoms with van der Waals surface area (Å²) in [6.45, 7) is 7.62. The van der Waals surface area contributed by atoms with E-state index in [2.05, 4.69) is 4.98 Å². The van der Waals surface area contributed by atoms with Gasteiger partial charge in [-0.3, -0.25) is 0 Å². The molecule has 0 N–H and O–H groups in total. The normalized spacial score (nSPS) is 18.9. The molecule has 0 spiro atoms. The van der Waals surface area contributed by atoms with Crippen LogP contribution in [0.5, 0.6) is 5.88 Å². The van der Waals surface area contributed by atoms with Gasteiger partial charge in [0.2, 0.25) is 5.88 Å². The third kappa shape index (κ3) is 4.40. The Balaban J connectivity index is 1.76. The van der Waals surface area contributed by atoms with Crippen LogP contribution in [0.2, 0.25) is 0 Å². The van der Waals surface area contributed by atoms with Crippen molar-refractivity contribution in [3.8, 4) is 5.88 Å².